The zero-order valence-electron chi connectivity index (χ0n) is 19.1. The highest BCUT2D eigenvalue weighted by Crippen LogP contribution is 2.45. The number of ether oxygens (including phenoxy) is 1. The van der Waals surface area contributed by atoms with Gasteiger partial charge in [-0.3, -0.25) is 0 Å². The molecule has 3 aromatic rings. The Kier molecular flexibility index (Phi) is 6.23. The third-order valence-electron chi connectivity index (χ3n) is 6.84. The number of pyridine rings is 1. The van der Waals surface area contributed by atoms with Gasteiger partial charge in [0.05, 0.1) is 24.9 Å². The quantitative estimate of drug-likeness (QED) is 0.526. The number of hydrogen-bond acceptors (Lipinski definition) is 4. The maximum atomic E-state index is 15.1. The van der Waals surface area contributed by atoms with Gasteiger partial charge in [0.2, 0.25) is 0 Å². The van der Waals surface area contributed by atoms with Crippen molar-refractivity contribution in [1.82, 2.24) is 14.3 Å². The number of halogens is 5. The van der Waals surface area contributed by atoms with Gasteiger partial charge in [-0.15, -0.1) is 0 Å². The van der Waals surface area contributed by atoms with Crippen LogP contribution in [0.15, 0.2) is 36.8 Å². The molecule has 0 saturated carbocycles. The van der Waals surface area contributed by atoms with E-state index in [9.17, 15) is 18.0 Å². The molecule has 192 valence electrons. The first kappa shape index (κ1) is 24.3. The van der Waals surface area contributed by atoms with E-state index >= 15 is 8.78 Å². The molecule has 1 unspecified atom stereocenters. The topological polar surface area (TPSA) is 76.1 Å². The van der Waals surface area contributed by atoms with Crippen LogP contribution >= 0.6 is 0 Å². The predicted molar refractivity (Wildman–Crippen MR) is 121 cm³/mol. The van der Waals surface area contributed by atoms with E-state index in [2.05, 4.69) is 4.98 Å². The molecule has 2 amide bonds. The van der Waals surface area contributed by atoms with E-state index in [1.54, 1.807) is 29.1 Å². The Bertz CT molecular complexity index is 1290. The highest BCUT2D eigenvalue weighted by atomic mass is 19.4. The molecule has 2 saturated heterocycles. The molecule has 2 aliphatic rings. The van der Waals surface area contributed by atoms with Gasteiger partial charge in [-0.2, -0.15) is 13.2 Å². The number of hydrogen-bond donors (Lipinski definition) is 1. The lowest BCUT2D eigenvalue weighted by molar-refractivity contribution is -0.146. The monoisotopic (exact) mass is 509 g/mol. The molecule has 7 nitrogen and oxygen atoms in total. The Labute approximate surface area is 203 Å². The van der Waals surface area contributed by atoms with Crippen molar-refractivity contribution >= 4 is 17.4 Å². The summed E-state index contributed by atoms with van der Waals surface area (Å²) in [7, 11) is 0. The van der Waals surface area contributed by atoms with E-state index in [4.69, 9.17) is 10.5 Å². The van der Waals surface area contributed by atoms with E-state index in [1.165, 1.54) is 6.07 Å². The molecule has 1 aromatic carbocycles. The summed E-state index contributed by atoms with van der Waals surface area (Å²) >= 11 is 0. The summed E-state index contributed by atoms with van der Waals surface area (Å²) in [5.41, 5.74) is 6.97. The second-order valence-corrected chi connectivity index (χ2v) is 9.07. The Balaban J connectivity index is 1.62. The van der Waals surface area contributed by atoms with Crippen LogP contribution in [0.5, 0.6) is 0 Å². The molecule has 2 N–H and O–H groups in total. The Morgan fingerprint density at radius 3 is 2.56 bits per heavy atom. The van der Waals surface area contributed by atoms with Crippen molar-refractivity contribution < 1.29 is 31.5 Å². The molecule has 5 rings (SSSR count). The molecule has 0 radical (unpaired) electrons. The van der Waals surface area contributed by atoms with Crippen LogP contribution in [0.1, 0.15) is 24.4 Å². The first-order chi connectivity index (χ1) is 17.1. The number of alkyl halides is 3. The van der Waals surface area contributed by atoms with Gasteiger partial charge in [0, 0.05) is 67.4 Å². The molecule has 0 spiro atoms. The number of nitrogens with two attached hydrogens (primary N) is 1. The van der Waals surface area contributed by atoms with Crippen LogP contribution in [0, 0.1) is 17.6 Å². The highest BCUT2D eigenvalue weighted by Gasteiger charge is 2.44. The number of urea groups is 1. The van der Waals surface area contributed by atoms with Gasteiger partial charge in [-0.1, -0.05) is 0 Å². The van der Waals surface area contributed by atoms with Crippen LogP contribution in [0.2, 0.25) is 0 Å². The number of nitrogens with zero attached hydrogens (tertiary/aromatic N) is 4. The number of aromatic nitrogens is 2. The summed E-state index contributed by atoms with van der Waals surface area (Å²) in [6, 6.07) is 1.35. The Morgan fingerprint density at radius 2 is 1.86 bits per heavy atom. The lowest BCUT2D eigenvalue weighted by Gasteiger charge is -2.30. The maximum absolute atomic E-state index is 15.1. The van der Waals surface area contributed by atoms with E-state index in [0.29, 0.717) is 43.6 Å². The molecule has 4 heterocycles. The van der Waals surface area contributed by atoms with E-state index < -0.39 is 42.2 Å². The average molecular weight is 509 g/mol. The van der Waals surface area contributed by atoms with E-state index in [1.807, 2.05) is 4.90 Å². The second kappa shape index (κ2) is 9.23. The van der Waals surface area contributed by atoms with Crippen LogP contribution < -0.4 is 10.6 Å². The lowest BCUT2D eigenvalue weighted by Crippen LogP contribution is -2.37. The van der Waals surface area contributed by atoms with Gasteiger partial charge < -0.3 is 24.7 Å². The molecule has 2 fully saturated rings. The molecular formula is C24H24F5N5O2. The van der Waals surface area contributed by atoms with Crippen molar-refractivity contribution in [2.24, 2.45) is 11.7 Å². The number of carbonyl (C=O) groups is 1. The van der Waals surface area contributed by atoms with Crippen molar-refractivity contribution in [1.29, 1.82) is 0 Å². The molecule has 36 heavy (non-hydrogen) atoms. The number of likely N-dealkylation sites (tertiary alicyclic amines) is 1. The largest absolute Gasteiger partial charge is 0.389 e. The third kappa shape index (κ3) is 4.57. The smallest absolute Gasteiger partial charge is 0.378 e. The standard InChI is InChI=1S/C24H24F5N5O2/c25-18-11-19(26)17(21-14(12-24(27,28)29)1-3-34(21)23(30)35)10-16(18)15-9-20(32-5-7-36-8-6-32)22-31-2-4-33(22)13-15/h2,4,9-11,13-14,21H,1,3,5-8,12H2,(H2,30,35)/t14-,21?/m0/s1. The number of carbonyl (C=O) groups excluding carboxylic acids is 1. The molecular weight excluding hydrogens is 485 g/mol. The SMILES string of the molecule is NC(=O)N1CC[C@@H](CC(F)(F)F)C1c1cc(-c2cc(N3CCOCC3)c3nccn3c2)c(F)cc1F. The van der Waals surface area contributed by atoms with Crippen LogP contribution in [0.25, 0.3) is 16.8 Å². The minimum atomic E-state index is -4.52. The number of morpholine rings is 1. The molecule has 0 aliphatic carbocycles. The molecule has 2 aliphatic heterocycles. The third-order valence-corrected chi connectivity index (χ3v) is 6.84. The average Bonchev–Trinajstić information content (AvgIpc) is 3.45. The van der Waals surface area contributed by atoms with Crippen LogP contribution in [0.3, 0.4) is 0 Å². The van der Waals surface area contributed by atoms with Gasteiger partial charge in [0.25, 0.3) is 0 Å². The van der Waals surface area contributed by atoms with Gasteiger partial charge in [-0.25, -0.2) is 18.6 Å². The predicted octanol–water partition coefficient (Wildman–Crippen LogP) is 4.51. The minimum Gasteiger partial charge on any atom is -0.378 e. The fraction of sp³-hybridized carbons (Fsp3) is 0.417. The first-order valence-corrected chi connectivity index (χ1v) is 11.5. The van der Waals surface area contributed by atoms with Crippen molar-refractivity contribution in [2.75, 3.05) is 37.7 Å². The summed E-state index contributed by atoms with van der Waals surface area (Å²) in [5.74, 6) is -3.01. The second-order valence-electron chi connectivity index (χ2n) is 9.07. The zero-order chi connectivity index (χ0) is 25.6. The van der Waals surface area contributed by atoms with Crippen molar-refractivity contribution in [3.63, 3.8) is 0 Å². The fourth-order valence-corrected chi connectivity index (χ4v) is 5.25. The van der Waals surface area contributed by atoms with Crippen LogP contribution in [-0.4, -0.2) is 59.3 Å². The van der Waals surface area contributed by atoms with Gasteiger partial charge in [-0.05, 0) is 24.5 Å². The zero-order valence-corrected chi connectivity index (χ0v) is 19.1. The summed E-state index contributed by atoms with van der Waals surface area (Å²) in [6.45, 7) is 2.17. The number of amides is 2. The number of imidazole rings is 1. The normalized spacial score (nSPS) is 20.9. The number of rotatable bonds is 4. The Hall–Kier alpha value is -3.41. The highest BCUT2D eigenvalue weighted by molar-refractivity contribution is 5.78. The Morgan fingerprint density at radius 1 is 1.11 bits per heavy atom. The summed E-state index contributed by atoms with van der Waals surface area (Å²) < 4.78 is 77.1. The lowest BCUT2D eigenvalue weighted by atomic mass is 9.88. The number of anilines is 1. The number of benzene rings is 1. The van der Waals surface area contributed by atoms with Crippen molar-refractivity contribution in [3.8, 4) is 11.1 Å². The molecule has 12 heteroatoms. The van der Waals surface area contributed by atoms with Crippen molar-refractivity contribution in [2.45, 2.75) is 25.1 Å². The first-order valence-electron chi connectivity index (χ1n) is 11.5. The van der Waals surface area contributed by atoms with Gasteiger partial charge >= 0.3 is 12.2 Å². The van der Waals surface area contributed by atoms with Gasteiger partial charge in [0.1, 0.15) is 11.6 Å². The van der Waals surface area contributed by atoms with Gasteiger partial charge in [0.15, 0.2) is 5.65 Å². The molecule has 2 aromatic heterocycles. The molecule has 0 bridgehead atoms. The van der Waals surface area contributed by atoms with Crippen LogP contribution in [-0.2, 0) is 4.74 Å². The van der Waals surface area contributed by atoms with Crippen molar-refractivity contribution in [3.05, 3.63) is 54.0 Å². The minimum absolute atomic E-state index is 0.00131. The fourth-order valence-electron chi connectivity index (χ4n) is 5.25. The maximum Gasteiger partial charge on any atom is 0.389 e. The molecule has 2 atom stereocenters. The summed E-state index contributed by atoms with van der Waals surface area (Å²) in [4.78, 5) is 19.5. The van der Waals surface area contributed by atoms with E-state index in [0.717, 1.165) is 10.6 Å². The van der Waals surface area contributed by atoms with E-state index in [-0.39, 0.29) is 24.1 Å². The number of primary amides is 1. The summed E-state index contributed by atoms with van der Waals surface area (Å²) in [5, 5.41) is 0. The summed E-state index contributed by atoms with van der Waals surface area (Å²) in [6.07, 6.45) is -0.816. The van der Waals surface area contributed by atoms with Crippen LogP contribution in [0.4, 0.5) is 32.4 Å². The number of fused-ring (bicyclic) bond motifs is 1.